The molecule has 2 N–H and O–H groups in total. The standard InChI is InChI=1S/C10H19NO4/c1-4-5-7(6-11)8(9(12)14-2)10(13)15-3/h7-8H,4-6,11H2,1-3H3. The molecule has 0 saturated carbocycles. The second kappa shape index (κ2) is 7.23. The van der Waals surface area contributed by atoms with Crippen LogP contribution in [0.15, 0.2) is 0 Å². The minimum absolute atomic E-state index is 0.213. The molecule has 1 atom stereocenters. The van der Waals surface area contributed by atoms with E-state index in [0.29, 0.717) is 6.42 Å². The van der Waals surface area contributed by atoms with E-state index in [-0.39, 0.29) is 12.5 Å². The van der Waals surface area contributed by atoms with E-state index in [4.69, 9.17) is 5.73 Å². The number of carbonyl (C=O) groups is 2. The van der Waals surface area contributed by atoms with Crippen LogP contribution in [0, 0.1) is 11.8 Å². The molecule has 5 heteroatoms. The van der Waals surface area contributed by atoms with Gasteiger partial charge in [0.25, 0.3) is 0 Å². The van der Waals surface area contributed by atoms with Crippen LogP contribution in [-0.4, -0.2) is 32.7 Å². The molecule has 88 valence electrons. The topological polar surface area (TPSA) is 78.6 Å². The second-order valence-electron chi connectivity index (χ2n) is 3.31. The third-order valence-electron chi connectivity index (χ3n) is 2.34. The van der Waals surface area contributed by atoms with Crippen LogP contribution in [0.4, 0.5) is 0 Å². The zero-order valence-corrected chi connectivity index (χ0v) is 9.49. The lowest BCUT2D eigenvalue weighted by atomic mass is 9.88. The number of rotatable bonds is 6. The molecule has 0 aromatic carbocycles. The van der Waals surface area contributed by atoms with Gasteiger partial charge in [-0.05, 0) is 18.9 Å². The van der Waals surface area contributed by atoms with E-state index in [0.717, 1.165) is 6.42 Å². The molecule has 0 saturated heterocycles. The van der Waals surface area contributed by atoms with Crippen LogP contribution < -0.4 is 5.73 Å². The molecule has 5 nitrogen and oxygen atoms in total. The van der Waals surface area contributed by atoms with Crippen LogP contribution in [-0.2, 0) is 19.1 Å². The van der Waals surface area contributed by atoms with Crippen molar-refractivity contribution in [3.8, 4) is 0 Å². The number of hydrogen-bond acceptors (Lipinski definition) is 5. The SMILES string of the molecule is CCCC(CN)C(C(=O)OC)C(=O)OC. The maximum absolute atomic E-state index is 11.4. The third-order valence-corrected chi connectivity index (χ3v) is 2.34. The molecular weight excluding hydrogens is 198 g/mol. The summed E-state index contributed by atoms with van der Waals surface area (Å²) in [4.78, 5) is 22.8. The van der Waals surface area contributed by atoms with E-state index < -0.39 is 17.9 Å². The number of hydrogen-bond donors (Lipinski definition) is 1. The molecule has 0 fully saturated rings. The Morgan fingerprint density at radius 2 is 1.67 bits per heavy atom. The van der Waals surface area contributed by atoms with Crippen LogP contribution >= 0.6 is 0 Å². The number of nitrogens with two attached hydrogens (primary N) is 1. The largest absolute Gasteiger partial charge is 0.468 e. The van der Waals surface area contributed by atoms with Crippen molar-refractivity contribution in [2.45, 2.75) is 19.8 Å². The summed E-state index contributed by atoms with van der Waals surface area (Å²) < 4.78 is 9.14. The van der Waals surface area contributed by atoms with Crippen molar-refractivity contribution in [1.29, 1.82) is 0 Å². The monoisotopic (exact) mass is 217 g/mol. The first-order valence-corrected chi connectivity index (χ1v) is 4.98. The summed E-state index contributed by atoms with van der Waals surface area (Å²) in [5, 5.41) is 0. The Balaban J connectivity index is 4.72. The first-order valence-electron chi connectivity index (χ1n) is 4.98. The maximum Gasteiger partial charge on any atom is 0.320 e. The highest BCUT2D eigenvalue weighted by molar-refractivity contribution is 5.95. The first kappa shape index (κ1) is 13.9. The van der Waals surface area contributed by atoms with Gasteiger partial charge in [0.2, 0.25) is 0 Å². The van der Waals surface area contributed by atoms with Crippen molar-refractivity contribution in [1.82, 2.24) is 0 Å². The maximum atomic E-state index is 11.4. The number of carbonyl (C=O) groups excluding carboxylic acids is 2. The Morgan fingerprint density at radius 1 is 1.20 bits per heavy atom. The van der Waals surface area contributed by atoms with Crippen molar-refractivity contribution in [3.05, 3.63) is 0 Å². The van der Waals surface area contributed by atoms with Gasteiger partial charge < -0.3 is 15.2 Å². The molecule has 0 radical (unpaired) electrons. The van der Waals surface area contributed by atoms with E-state index in [1.807, 2.05) is 6.92 Å². The Labute approximate surface area is 89.9 Å². The van der Waals surface area contributed by atoms with Gasteiger partial charge in [-0.15, -0.1) is 0 Å². The quantitative estimate of drug-likeness (QED) is 0.512. The molecule has 15 heavy (non-hydrogen) atoms. The Hall–Kier alpha value is -1.10. The van der Waals surface area contributed by atoms with Gasteiger partial charge in [-0.3, -0.25) is 9.59 Å². The molecule has 0 amide bonds. The van der Waals surface area contributed by atoms with Gasteiger partial charge in [-0.2, -0.15) is 0 Å². The first-order chi connectivity index (χ1) is 7.12. The molecule has 0 aliphatic carbocycles. The van der Waals surface area contributed by atoms with Gasteiger partial charge in [-0.1, -0.05) is 13.3 Å². The zero-order valence-electron chi connectivity index (χ0n) is 9.49. The van der Waals surface area contributed by atoms with Crippen molar-refractivity contribution >= 4 is 11.9 Å². The summed E-state index contributed by atoms with van der Waals surface area (Å²) >= 11 is 0. The number of esters is 2. The minimum Gasteiger partial charge on any atom is -0.468 e. The normalized spacial score (nSPS) is 12.3. The summed E-state index contributed by atoms with van der Waals surface area (Å²) in [5.41, 5.74) is 5.53. The molecule has 0 rings (SSSR count). The highest BCUT2D eigenvalue weighted by atomic mass is 16.5. The van der Waals surface area contributed by atoms with Gasteiger partial charge in [0.15, 0.2) is 5.92 Å². The highest BCUT2D eigenvalue weighted by Gasteiger charge is 2.35. The molecular formula is C10H19NO4. The molecule has 0 aliphatic rings. The third kappa shape index (κ3) is 3.87. The van der Waals surface area contributed by atoms with E-state index in [2.05, 4.69) is 9.47 Å². The fourth-order valence-electron chi connectivity index (χ4n) is 1.53. The second-order valence-corrected chi connectivity index (χ2v) is 3.31. The van der Waals surface area contributed by atoms with Gasteiger partial charge in [-0.25, -0.2) is 0 Å². The number of methoxy groups -OCH3 is 2. The Kier molecular flexibility index (Phi) is 6.70. The fourth-order valence-corrected chi connectivity index (χ4v) is 1.53. The van der Waals surface area contributed by atoms with Crippen molar-refractivity contribution in [3.63, 3.8) is 0 Å². The Morgan fingerprint density at radius 3 is 1.93 bits per heavy atom. The average molecular weight is 217 g/mol. The predicted octanol–water partition coefficient (Wildman–Crippen LogP) is 0.324. The van der Waals surface area contributed by atoms with Crippen LogP contribution in [0.2, 0.25) is 0 Å². The summed E-state index contributed by atoms with van der Waals surface area (Å²) in [6.07, 6.45) is 1.55. The lowest BCUT2D eigenvalue weighted by Crippen LogP contribution is -2.37. The minimum atomic E-state index is -0.898. The molecule has 0 aromatic rings. The molecule has 0 heterocycles. The molecule has 1 unspecified atom stereocenters. The summed E-state index contributed by atoms with van der Waals surface area (Å²) in [6, 6.07) is 0. The van der Waals surface area contributed by atoms with E-state index >= 15 is 0 Å². The molecule has 0 aliphatic heterocycles. The Bertz CT molecular complexity index is 201. The number of ether oxygens (including phenoxy) is 2. The average Bonchev–Trinajstić information content (AvgIpc) is 2.27. The van der Waals surface area contributed by atoms with E-state index in [1.165, 1.54) is 14.2 Å². The molecule has 0 aromatic heterocycles. The summed E-state index contributed by atoms with van der Waals surface area (Å²) in [6.45, 7) is 2.23. The van der Waals surface area contributed by atoms with Gasteiger partial charge in [0, 0.05) is 0 Å². The van der Waals surface area contributed by atoms with Crippen molar-refractivity contribution < 1.29 is 19.1 Å². The van der Waals surface area contributed by atoms with Crippen LogP contribution in [0.5, 0.6) is 0 Å². The van der Waals surface area contributed by atoms with Crippen LogP contribution in [0.1, 0.15) is 19.8 Å². The fraction of sp³-hybridized carbons (Fsp3) is 0.800. The van der Waals surface area contributed by atoms with Gasteiger partial charge in [0.1, 0.15) is 0 Å². The predicted molar refractivity (Wildman–Crippen MR) is 55.0 cm³/mol. The van der Waals surface area contributed by atoms with Gasteiger partial charge >= 0.3 is 11.9 Å². The van der Waals surface area contributed by atoms with E-state index in [9.17, 15) is 9.59 Å². The van der Waals surface area contributed by atoms with Crippen LogP contribution in [0.25, 0.3) is 0 Å². The molecule has 0 spiro atoms. The van der Waals surface area contributed by atoms with Gasteiger partial charge in [0.05, 0.1) is 14.2 Å². The highest BCUT2D eigenvalue weighted by Crippen LogP contribution is 2.19. The smallest absolute Gasteiger partial charge is 0.320 e. The summed E-state index contributed by atoms with van der Waals surface area (Å²) in [7, 11) is 2.50. The van der Waals surface area contributed by atoms with Crippen LogP contribution in [0.3, 0.4) is 0 Å². The van der Waals surface area contributed by atoms with E-state index in [1.54, 1.807) is 0 Å². The molecule has 0 bridgehead atoms. The van der Waals surface area contributed by atoms with Crippen molar-refractivity contribution in [2.24, 2.45) is 17.6 Å². The van der Waals surface area contributed by atoms with Crippen molar-refractivity contribution in [2.75, 3.05) is 20.8 Å². The summed E-state index contributed by atoms with van der Waals surface area (Å²) in [5.74, 6) is -2.27. The lowest BCUT2D eigenvalue weighted by molar-refractivity contribution is -0.161. The zero-order chi connectivity index (χ0) is 11.8. The lowest BCUT2D eigenvalue weighted by Gasteiger charge is -2.21.